The molecule has 98 valence electrons. The van der Waals surface area contributed by atoms with Gasteiger partial charge in [-0.05, 0) is 64.6 Å². The predicted molar refractivity (Wildman–Crippen MR) is 68.6 cm³/mol. The van der Waals surface area contributed by atoms with Gasteiger partial charge in [-0.15, -0.1) is 0 Å². The molecule has 3 N–H and O–H groups in total. The highest BCUT2D eigenvalue weighted by molar-refractivity contribution is 5.79. The smallest absolute Gasteiger partial charge is 0.234 e. The van der Waals surface area contributed by atoms with Crippen molar-refractivity contribution in [2.45, 2.75) is 44.6 Å². The molecule has 0 unspecified atom stereocenters. The Balaban J connectivity index is 1.69. The molecule has 2 rings (SSSR count). The molecule has 4 heteroatoms. The summed E-state index contributed by atoms with van der Waals surface area (Å²) in [6.07, 6.45) is 5.79. The van der Waals surface area contributed by atoms with Crippen molar-refractivity contribution in [2.75, 3.05) is 26.2 Å². The number of hydrogen-bond donors (Lipinski definition) is 2. The molecule has 2 aliphatic rings. The fourth-order valence-electron chi connectivity index (χ4n) is 2.79. The minimum Gasteiger partial charge on any atom is -0.350 e. The summed E-state index contributed by atoms with van der Waals surface area (Å²) in [6, 6.07) is 0. The fourth-order valence-corrected chi connectivity index (χ4v) is 2.79. The first-order valence-electron chi connectivity index (χ1n) is 6.85. The number of likely N-dealkylation sites (tertiary alicyclic amines) is 1. The monoisotopic (exact) mass is 239 g/mol. The van der Waals surface area contributed by atoms with Crippen molar-refractivity contribution in [3.05, 3.63) is 0 Å². The summed E-state index contributed by atoms with van der Waals surface area (Å²) < 4.78 is 0. The maximum Gasteiger partial charge on any atom is 0.234 e. The van der Waals surface area contributed by atoms with Gasteiger partial charge in [-0.3, -0.25) is 9.69 Å². The minimum atomic E-state index is 0.0899. The fraction of sp³-hybridized carbons (Fsp3) is 0.923. The quantitative estimate of drug-likeness (QED) is 0.760. The van der Waals surface area contributed by atoms with Crippen LogP contribution in [0.15, 0.2) is 0 Å². The van der Waals surface area contributed by atoms with E-state index in [1.54, 1.807) is 0 Å². The summed E-state index contributed by atoms with van der Waals surface area (Å²) >= 11 is 0. The van der Waals surface area contributed by atoms with Crippen LogP contribution in [0.5, 0.6) is 0 Å². The van der Waals surface area contributed by atoms with E-state index < -0.39 is 0 Å². The highest BCUT2D eigenvalue weighted by atomic mass is 16.2. The van der Waals surface area contributed by atoms with Crippen molar-refractivity contribution in [3.63, 3.8) is 0 Å². The lowest BCUT2D eigenvalue weighted by Crippen LogP contribution is -2.54. The second-order valence-electron chi connectivity index (χ2n) is 5.92. The molecule has 0 aromatic heterocycles. The van der Waals surface area contributed by atoms with Crippen LogP contribution >= 0.6 is 0 Å². The molecule has 0 spiro atoms. The zero-order chi connectivity index (χ0) is 12.3. The largest absolute Gasteiger partial charge is 0.350 e. The number of hydrogen-bond acceptors (Lipinski definition) is 3. The van der Waals surface area contributed by atoms with Gasteiger partial charge in [0.05, 0.1) is 6.54 Å². The minimum absolute atomic E-state index is 0.0899. The van der Waals surface area contributed by atoms with E-state index in [2.05, 4.69) is 17.1 Å². The van der Waals surface area contributed by atoms with E-state index in [-0.39, 0.29) is 11.4 Å². The summed E-state index contributed by atoms with van der Waals surface area (Å²) in [4.78, 5) is 14.1. The molecule has 0 radical (unpaired) electrons. The van der Waals surface area contributed by atoms with Gasteiger partial charge in [0, 0.05) is 5.54 Å². The topological polar surface area (TPSA) is 58.4 Å². The average Bonchev–Trinajstić information content (AvgIpc) is 2.28. The van der Waals surface area contributed by atoms with E-state index in [0.717, 1.165) is 45.3 Å². The molecule has 1 saturated heterocycles. The SMILES string of the molecule is CC1(NC(=O)CN2CCC(CN)CC2)CCC1. The summed E-state index contributed by atoms with van der Waals surface area (Å²) in [6.45, 7) is 5.54. The van der Waals surface area contributed by atoms with E-state index in [9.17, 15) is 4.79 Å². The number of carbonyl (C=O) groups is 1. The van der Waals surface area contributed by atoms with Crippen LogP contribution in [0.25, 0.3) is 0 Å². The second-order valence-corrected chi connectivity index (χ2v) is 5.92. The van der Waals surface area contributed by atoms with Crippen molar-refractivity contribution in [1.29, 1.82) is 0 Å². The second kappa shape index (κ2) is 5.36. The van der Waals surface area contributed by atoms with Crippen molar-refractivity contribution in [1.82, 2.24) is 10.2 Å². The number of amides is 1. The normalized spacial score (nSPS) is 25.3. The Morgan fingerprint density at radius 1 is 1.41 bits per heavy atom. The zero-order valence-electron chi connectivity index (χ0n) is 10.9. The zero-order valence-corrected chi connectivity index (χ0v) is 10.9. The first-order chi connectivity index (χ1) is 8.11. The van der Waals surface area contributed by atoms with Gasteiger partial charge < -0.3 is 11.1 Å². The lowest BCUT2D eigenvalue weighted by molar-refractivity contribution is -0.125. The molecule has 0 aromatic carbocycles. The Morgan fingerprint density at radius 3 is 2.53 bits per heavy atom. The Bertz CT molecular complexity index is 268. The molecule has 0 aromatic rings. The highest BCUT2D eigenvalue weighted by Gasteiger charge is 2.33. The Labute approximate surface area is 104 Å². The summed E-state index contributed by atoms with van der Waals surface area (Å²) in [7, 11) is 0. The molecular weight excluding hydrogens is 214 g/mol. The van der Waals surface area contributed by atoms with E-state index in [4.69, 9.17) is 5.73 Å². The van der Waals surface area contributed by atoms with Crippen molar-refractivity contribution in [2.24, 2.45) is 11.7 Å². The maximum atomic E-state index is 11.9. The number of nitrogens with zero attached hydrogens (tertiary/aromatic N) is 1. The number of nitrogens with two attached hydrogens (primary N) is 1. The van der Waals surface area contributed by atoms with Crippen LogP contribution in [-0.2, 0) is 4.79 Å². The maximum absolute atomic E-state index is 11.9. The third kappa shape index (κ3) is 3.42. The third-order valence-electron chi connectivity index (χ3n) is 4.31. The molecule has 4 nitrogen and oxygen atoms in total. The molecule has 1 aliphatic heterocycles. The van der Waals surface area contributed by atoms with Crippen molar-refractivity contribution >= 4 is 5.91 Å². The lowest BCUT2D eigenvalue weighted by atomic mass is 9.78. The van der Waals surface area contributed by atoms with Crippen LogP contribution < -0.4 is 11.1 Å². The molecule has 0 bridgehead atoms. The van der Waals surface area contributed by atoms with Gasteiger partial charge in [0.15, 0.2) is 0 Å². The molecule has 1 heterocycles. The van der Waals surface area contributed by atoms with E-state index in [1.165, 1.54) is 6.42 Å². The van der Waals surface area contributed by atoms with Gasteiger partial charge in [0.25, 0.3) is 0 Å². The number of rotatable bonds is 4. The molecule has 17 heavy (non-hydrogen) atoms. The molecule has 1 saturated carbocycles. The number of nitrogens with one attached hydrogen (secondary N) is 1. The highest BCUT2D eigenvalue weighted by Crippen LogP contribution is 2.30. The van der Waals surface area contributed by atoms with E-state index in [1.807, 2.05) is 0 Å². The van der Waals surface area contributed by atoms with E-state index >= 15 is 0 Å². The van der Waals surface area contributed by atoms with Crippen LogP contribution in [0.2, 0.25) is 0 Å². The Hall–Kier alpha value is -0.610. The molecule has 1 aliphatic carbocycles. The first kappa shape index (κ1) is 12.8. The number of piperidine rings is 1. The van der Waals surface area contributed by atoms with Crippen molar-refractivity contribution < 1.29 is 4.79 Å². The van der Waals surface area contributed by atoms with Gasteiger partial charge in [-0.25, -0.2) is 0 Å². The average molecular weight is 239 g/mol. The summed E-state index contributed by atoms with van der Waals surface area (Å²) in [5.41, 5.74) is 5.75. The standard InChI is InChI=1S/C13H25N3O/c1-13(5-2-6-13)15-12(17)10-16-7-3-11(9-14)4-8-16/h11H,2-10,14H2,1H3,(H,15,17). The molecule has 0 atom stereocenters. The Morgan fingerprint density at radius 2 is 2.06 bits per heavy atom. The van der Waals surface area contributed by atoms with Gasteiger partial charge in [-0.2, -0.15) is 0 Å². The molecule has 1 amide bonds. The van der Waals surface area contributed by atoms with Gasteiger partial charge in [0.2, 0.25) is 5.91 Å². The summed E-state index contributed by atoms with van der Waals surface area (Å²) in [5, 5.41) is 3.16. The van der Waals surface area contributed by atoms with E-state index in [0.29, 0.717) is 12.5 Å². The third-order valence-corrected chi connectivity index (χ3v) is 4.31. The summed E-state index contributed by atoms with van der Waals surface area (Å²) in [5.74, 6) is 0.858. The van der Waals surface area contributed by atoms with Crippen LogP contribution in [0, 0.1) is 5.92 Å². The van der Waals surface area contributed by atoms with Crippen molar-refractivity contribution in [3.8, 4) is 0 Å². The van der Waals surface area contributed by atoms with Crippen LogP contribution in [0.4, 0.5) is 0 Å². The molecule has 2 fully saturated rings. The molecular formula is C13H25N3O. The van der Waals surface area contributed by atoms with Gasteiger partial charge >= 0.3 is 0 Å². The van der Waals surface area contributed by atoms with Crippen LogP contribution in [-0.4, -0.2) is 42.5 Å². The number of carbonyl (C=O) groups excluding carboxylic acids is 1. The first-order valence-corrected chi connectivity index (χ1v) is 6.85. The lowest BCUT2D eigenvalue weighted by Gasteiger charge is -2.40. The van der Waals surface area contributed by atoms with Gasteiger partial charge in [-0.1, -0.05) is 0 Å². The van der Waals surface area contributed by atoms with Crippen LogP contribution in [0.3, 0.4) is 0 Å². The van der Waals surface area contributed by atoms with Gasteiger partial charge in [0.1, 0.15) is 0 Å². The predicted octanol–water partition coefficient (Wildman–Crippen LogP) is 0.716. The van der Waals surface area contributed by atoms with Crippen LogP contribution in [0.1, 0.15) is 39.0 Å². The Kier molecular flexibility index (Phi) is 4.05.